The predicted octanol–water partition coefficient (Wildman–Crippen LogP) is 3.19. The van der Waals surface area contributed by atoms with Crippen LogP contribution in [0.1, 0.15) is 15.9 Å². The molecular weight excluding hydrogens is 461 g/mol. The molecule has 7 nitrogen and oxygen atoms in total. The molecule has 0 aromatic heterocycles. The molecule has 1 fully saturated rings. The van der Waals surface area contributed by atoms with E-state index < -0.39 is 28.0 Å². The maximum absolute atomic E-state index is 12.9. The first-order valence-corrected chi connectivity index (χ1v) is 10.9. The standard InChI is InChI=1S/C19H18ClF3N2O5S/c20-15-6-5-13(11-17(15)31(27,28)25-7-9-29-10-8-25)18(26)24-12-14-3-1-2-4-16(14)30-19(21,22)23/h1-6,11H,7-10,12H2,(H,24,26). The van der Waals surface area contributed by atoms with Gasteiger partial charge in [0.25, 0.3) is 5.91 Å². The first kappa shape index (κ1) is 23.3. The van der Waals surface area contributed by atoms with Crippen LogP contribution in [0, 0.1) is 0 Å². The number of benzene rings is 2. The Hall–Kier alpha value is -2.34. The third-order valence-corrected chi connectivity index (χ3v) is 6.80. The monoisotopic (exact) mass is 478 g/mol. The number of para-hydroxylation sites is 1. The first-order chi connectivity index (χ1) is 14.6. The smallest absolute Gasteiger partial charge is 0.405 e. The minimum atomic E-state index is -4.88. The Morgan fingerprint density at radius 1 is 1.16 bits per heavy atom. The summed E-state index contributed by atoms with van der Waals surface area (Å²) in [5.41, 5.74) is 0.0914. The molecule has 3 rings (SSSR count). The number of alkyl halides is 3. The lowest BCUT2D eigenvalue weighted by Crippen LogP contribution is -2.40. The van der Waals surface area contributed by atoms with Crippen LogP contribution in [-0.2, 0) is 21.3 Å². The van der Waals surface area contributed by atoms with Crippen LogP contribution in [-0.4, -0.2) is 51.3 Å². The number of rotatable bonds is 6. The van der Waals surface area contributed by atoms with E-state index in [1.807, 2.05) is 0 Å². The summed E-state index contributed by atoms with van der Waals surface area (Å²) in [7, 11) is -3.95. The summed E-state index contributed by atoms with van der Waals surface area (Å²) in [4.78, 5) is 12.3. The summed E-state index contributed by atoms with van der Waals surface area (Å²) in [6, 6.07) is 9.12. The number of ether oxygens (including phenoxy) is 2. The van der Waals surface area contributed by atoms with Gasteiger partial charge in [-0.2, -0.15) is 4.31 Å². The second kappa shape index (κ2) is 9.43. The van der Waals surface area contributed by atoms with Crippen LogP contribution in [0.25, 0.3) is 0 Å². The van der Waals surface area contributed by atoms with Crippen LogP contribution in [0.5, 0.6) is 5.75 Å². The number of hydrogen-bond acceptors (Lipinski definition) is 5. The van der Waals surface area contributed by atoms with Gasteiger partial charge in [-0.25, -0.2) is 8.42 Å². The molecule has 31 heavy (non-hydrogen) atoms. The lowest BCUT2D eigenvalue weighted by Gasteiger charge is -2.26. The number of sulfonamides is 1. The summed E-state index contributed by atoms with van der Waals surface area (Å²) in [6.45, 7) is 0.544. The molecule has 0 aliphatic carbocycles. The topological polar surface area (TPSA) is 84.9 Å². The maximum Gasteiger partial charge on any atom is 0.573 e. The van der Waals surface area contributed by atoms with Gasteiger partial charge < -0.3 is 14.8 Å². The zero-order valence-electron chi connectivity index (χ0n) is 16.0. The van der Waals surface area contributed by atoms with Gasteiger partial charge in [-0.15, -0.1) is 13.2 Å². The Morgan fingerprint density at radius 3 is 2.52 bits per heavy atom. The third-order valence-electron chi connectivity index (χ3n) is 4.42. The molecule has 0 bridgehead atoms. The van der Waals surface area contributed by atoms with Crippen LogP contribution in [0.4, 0.5) is 13.2 Å². The molecular formula is C19H18ClF3N2O5S. The number of carbonyl (C=O) groups excluding carboxylic acids is 1. The molecule has 2 aromatic rings. The van der Waals surface area contributed by atoms with Crippen molar-refractivity contribution in [3.63, 3.8) is 0 Å². The van der Waals surface area contributed by atoms with E-state index in [1.54, 1.807) is 0 Å². The second-order valence-corrected chi connectivity index (χ2v) is 8.81. The lowest BCUT2D eigenvalue weighted by atomic mass is 10.1. The van der Waals surface area contributed by atoms with Gasteiger partial charge in [0.2, 0.25) is 10.0 Å². The summed E-state index contributed by atoms with van der Waals surface area (Å²) in [5.74, 6) is -1.13. The summed E-state index contributed by atoms with van der Waals surface area (Å²) >= 11 is 6.07. The fraction of sp³-hybridized carbons (Fsp3) is 0.316. The molecule has 0 radical (unpaired) electrons. The molecule has 2 aromatic carbocycles. The second-order valence-electron chi connectivity index (χ2n) is 6.50. The fourth-order valence-electron chi connectivity index (χ4n) is 2.92. The molecule has 1 N–H and O–H groups in total. The number of amides is 1. The predicted molar refractivity (Wildman–Crippen MR) is 105 cm³/mol. The molecule has 12 heteroatoms. The van der Waals surface area contributed by atoms with Crippen molar-refractivity contribution in [2.45, 2.75) is 17.8 Å². The normalized spacial score (nSPS) is 15.5. The quantitative estimate of drug-likeness (QED) is 0.689. The molecule has 1 aliphatic rings. The van der Waals surface area contributed by atoms with Crippen molar-refractivity contribution in [1.82, 2.24) is 9.62 Å². The van der Waals surface area contributed by atoms with Gasteiger partial charge in [0, 0.05) is 30.8 Å². The molecule has 0 atom stereocenters. The van der Waals surface area contributed by atoms with Gasteiger partial charge in [0.15, 0.2) is 0 Å². The highest BCUT2D eigenvalue weighted by Gasteiger charge is 2.32. The van der Waals surface area contributed by atoms with Crippen molar-refractivity contribution >= 4 is 27.5 Å². The van der Waals surface area contributed by atoms with Gasteiger partial charge in [-0.3, -0.25) is 4.79 Å². The number of carbonyl (C=O) groups is 1. The fourth-order valence-corrected chi connectivity index (χ4v) is 4.83. The molecule has 0 spiro atoms. The largest absolute Gasteiger partial charge is 0.573 e. The SMILES string of the molecule is O=C(NCc1ccccc1OC(F)(F)F)c1ccc(Cl)c(S(=O)(=O)N2CCOCC2)c1. The highest BCUT2D eigenvalue weighted by Crippen LogP contribution is 2.28. The number of hydrogen-bond donors (Lipinski definition) is 1. The van der Waals surface area contributed by atoms with Crippen molar-refractivity contribution in [1.29, 1.82) is 0 Å². The van der Waals surface area contributed by atoms with Crippen LogP contribution < -0.4 is 10.1 Å². The first-order valence-electron chi connectivity index (χ1n) is 9.07. The van der Waals surface area contributed by atoms with Gasteiger partial charge in [-0.05, 0) is 24.3 Å². The highest BCUT2D eigenvalue weighted by molar-refractivity contribution is 7.89. The Balaban J connectivity index is 1.77. The van der Waals surface area contributed by atoms with Crippen molar-refractivity contribution in [2.75, 3.05) is 26.3 Å². The third kappa shape index (κ3) is 5.88. The van der Waals surface area contributed by atoms with Gasteiger partial charge in [0.1, 0.15) is 10.6 Å². The van der Waals surface area contributed by atoms with Gasteiger partial charge in [0.05, 0.1) is 18.2 Å². The maximum atomic E-state index is 12.9. The summed E-state index contributed by atoms with van der Waals surface area (Å²) < 4.78 is 73.7. The Bertz CT molecular complexity index is 1060. The number of nitrogens with zero attached hydrogens (tertiary/aromatic N) is 1. The summed E-state index contributed by atoms with van der Waals surface area (Å²) in [5, 5.41) is 2.41. The van der Waals surface area contributed by atoms with E-state index in [0.717, 1.165) is 12.1 Å². The number of morpholine rings is 1. The van der Waals surface area contributed by atoms with E-state index in [4.69, 9.17) is 16.3 Å². The minimum absolute atomic E-state index is 0.00884. The number of nitrogens with one attached hydrogen (secondary N) is 1. The van der Waals surface area contributed by atoms with E-state index in [0.29, 0.717) is 0 Å². The van der Waals surface area contributed by atoms with Crippen LogP contribution in [0.2, 0.25) is 5.02 Å². The molecule has 1 aliphatic heterocycles. The van der Waals surface area contributed by atoms with Gasteiger partial charge in [-0.1, -0.05) is 29.8 Å². The molecule has 1 amide bonds. The van der Waals surface area contributed by atoms with Crippen molar-refractivity contribution in [3.05, 3.63) is 58.6 Å². The van der Waals surface area contributed by atoms with Crippen LogP contribution in [0.15, 0.2) is 47.4 Å². The molecule has 168 valence electrons. The van der Waals surface area contributed by atoms with E-state index in [1.165, 1.54) is 34.6 Å². The zero-order chi connectivity index (χ0) is 22.6. The molecule has 1 heterocycles. The zero-order valence-corrected chi connectivity index (χ0v) is 17.6. The van der Waals surface area contributed by atoms with E-state index in [2.05, 4.69) is 10.1 Å². The average molecular weight is 479 g/mol. The highest BCUT2D eigenvalue weighted by atomic mass is 35.5. The molecule has 0 unspecified atom stereocenters. The van der Waals surface area contributed by atoms with E-state index >= 15 is 0 Å². The molecule has 1 saturated heterocycles. The minimum Gasteiger partial charge on any atom is -0.405 e. The van der Waals surface area contributed by atoms with Crippen molar-refractivity contribution in [2.24, 2.45) is 0 Å². The summed E-state index contributed by atoms with van der Waals surface area (Å²) in [6.07, 6.45) is -4.88. The molecule has 0 saturated carbocycles. The van der Waals surface area contributed by atoms with Gasteiger partial charge >= 0.3 is 6.36 Å². The Kier molecular flexibility index (Phi) is 7.10. The lowest BCUT2D eigenvalue weighted by molar-refractivity contribution is -0.274. The average Bonchev–Trinajstić information content (AvgIpc) is 2.72. The van der Waals surface area contributed by atoms with Crippen LogP contribution in [0.3, 0.4) is 0 Å². The van der Waals surface area contributed by atoms with Crippen LogP contribution >= 0.6 is 11.6 Å². The van der Waals surface area contributed by atoms with E-state index in [9.17, 15) is 26.4 Å². The van der Waals surface area contributed by atoms with E-state index in [-0.39, 0.29) is 53.9 Å². The van der Waals surface area contributed by atoms with Crippen molar-refractivity contribution < 1.29 is 35.9 Å². The number of halogens is 4. The Morgan fingerprint density at radius 2 is 1.84 bits per heavy atom. The Labute approximate surface area is 181 Å². The van der Waals surface area contributed by atoms with Crippen molar-refractivity contribution in [3.8, 4) is 5.75 Å².